The summed E-state index contributed by atoms with van der Waals surface area (Å²) in [7, 11) is 5.71. The Balaban J connectivity index is 0.000000209. The molecule has 16 nitrogen and oxygen atoms in total. The summed E-state index contributed by atoms with van der Waals surface area (Å²) in [5, 5.41) is 3.02. The van der Waals surface area contributed by atoms with Crippen LogP contribution in [0.25, 0.3) is 22.3 Å². The molecule has 1 amide bonds. The Morgan fingerprint density at radius 2 is 1.10 bits per heavy atom. The molecule has 5 aromatic rings. The number of rotatable bonds is 16. The first kappa shape index (κ1) is 56.9. The van der Waals surface area contributed by atoms with E-state index >= 15 is 0 Å². The first-order valence-corrected chi connectivity index (χ1v) is 27.9. The molecule has 4 aliphatic rings. The van der Waals surface area contributed by atoms with Crippen molar-refractivity contribution in [1.29, 1.82) is 0 Å². The van der Waals surface area contributed by atoms with Crippen molar-refractivity contribution < 1.29 is 33.3 Å². The third kappa shape index (κ3) is 14.4. The van der Waals surface area contributed by atoms with E-state index in [0.29, 0.717) is 40.5 Å². The standard InChI is InChI=1S/C34H45N5O4.C27H37N3O4/c1-6-39(27-11-15-42-16-12-27)31-19-26(25-7-8-32(35-20-25)43-28-9-13-38(5)14-10-28)18-29(24(31)4)33(40)36-21-30-22(2)17-23(3)37-34(30)41;1-5-30(22-10-14-33-15-11-22)25-17-21(16-24(19(25)2)27(31)32-4)20-6-7-26(28-18-20)34-23-8-12-29(3)13-9-23/h7-8,17-20,27-28H,6,9-16,21H2,1-5H3,(H,36,40)(H,37,41);6-7,16-18,22-23H,5,8-15H2,1-4H3. The molecule has 9 rings (SSSR count). The van der Waals surface area contributed by atoms with E-state index in [0.717, 1.165) is 173 Å². The molecule has 414 valence electrons. The number of hydrogen-bond donors (Lipinski definition) is 2. The number of esters is 1. The number of benzene rings is 2. The number of methoxy groups -OCH3 is 1. The van der Waals surface area contributed by atoms with Gasteiger partial charge in [0.25, 0.3) is 11.5 Å². The molecule has 4 saturated heterocycles. The largest absolute Gasteiger partial charge is 0.474 e. The van der Waals surface area contributed by atoms with Crippen molar-refractivity contribution in [1.82, 2.24) is 30.1 Å². The van der Waals surface area contributed by atoms with Gasteiger partial charge < -0.3 is 53.6 Å². The lowest BCUT2D eigenvalue weighted by molar-refractivity contribution is 0.0599. The van der Waals surface area contributed by atoms with E-state index in [1.54, 1.807) is 0 Å². The van der Waals surface area contributed by atoms with Crippen molar-refractivity contribution in [2.75, 3.05) is 96.7 Å². The number of H-pyrrole nitrogens is 1. The number of carbonyl (C=O) groups is 2. The minimum Gasteiger partial charge on any atom is -0.474 e. The first-order chi connectivity index (χ1) is 37.2. The highest BCUT2D eigenvalue weighted by molar-refractivity contribution is 5.99. The number of aryl methyl sites for hydroxylation is 2. The van der Waals surface area contributed by atoms with Gasteiger partial charge in [-0.2, -0.15) is 0 Å². The number of hydrogen-bond acceptors (Lipinski definition) is 14. The number of piperidine rings is 2. The maximum absolute atomic E-state index is 13.7. The number of pyridine rings is 3. The molecule has 0 unspecified atom stereocenters. The monoisotopic (exact) mass is 1050 g/mol. The summed E-state index contributed by atoms with van der Waals surface area (Å²) in [6.45, 7) is 21.1. The predicted octanol–water partition coefficient (Wildman–Crippen LogP) is 9.09. The predicted molar refractivity (Wildman–Crippen MR) is 304 cm³/mol. The van der Waals surface area contributed by atoms with E-state index in [2.05, 4.69) is 79.9 Å². The van der Waals surface area contributed by atoms with E-state index in [1.807, 2.05) is 82.6 Å². The number of likely N-dealkylation sites (tertiary alicyclic amines) is 2. The lowest BCUT2D eigenvalue weighted by Gasteiger charge is -2.37. The van der Waals surface area contributed by atoms with Crippen LogP contribution in [0.15, 0.2) is 71.8 Å². The molecule has 0 bridgehead atoms. The fraction of sp³-hybridized carbons (Fsp3) is 0.525. The Morgan fingerprint density at radius 1 is 0.649 bits per heavy atom. The summed E-state index contributed by atoms with van der Waals surface area (Å²) in [5.41, 5.74) is 10.9. The maximum atomic E-state index is 13.7. The molecule has 2 N–H and O–H groups in total. The molecule has 0 aliphatic carbocycles. The SMILES string of the molecule is CCN(c1cc(-c2ccc(OC3CCN(C)CC3)nc2)cc(C(=O)NCc2c(C)cc(C)[nH]c2=O)c1C)C1CCOCC1.CCN(c1cc(-c2ccc(OC3CCN(C)CC3)nc2)cc(C(=O)OC)c1C)C1CCOCC1. The fourth-order valence-electron chi connectivity index (χ4n) is 11.3. The molecule has 0 spiro atoms. The number of anilines is 2. The molecule has 77 heavy (non-hydrogen) atoms. The van der Waals surface area contributed by atoms with E-state index in [1.165, 1.54) is 7.11 Å². The molecule has 2 aromatic carbocycles. The van der Waals surface area contributed by atoms with Gasteiger partial charge in [0.2, 0.25) is 11.8 Å². The van der Waals surface area contributed by atoms with E-state index in [9.17, 15) is 14.4 Å². The summed E-state index contributed by atoms with van der Waals surface area (Å²) in [5.74, 6) is 0.743. The van der Waals surface area contributed by atoms with Crippen LogP contribution in [0.2, 0.25) is 0 Å². The van der Waals surface area contributed by atoms with Crippen LogP contribution in [0.5, 0.6) is 11.8 Å². The maximum Gasteiger partial charge on any atom is 0.338 e. The van der Waals surface area contributed by atoms with Gasteiger partial charge in [-0.15, -0.1) is 0 Å². The molecule has 7 heterocycles. The van der Waals surface area contributed by atoms with Crippen LogP contribution in [0, 0.1) is 27.7 Å². The number of nitrogens with zero attached hydrogens (tertiary/aromatic N) is 6. The van der Waals surface area contributed by atoms with Crippen molar-refractivity contribution >= 4 is 23.3 Å². The third-order valence-corrected chi connectivity index (χ3v) is 15.9. The van der Waals surface area contributed by atoms with Gasteiger partial charge in [0.1, 0.15) is 12.2 Å². The summed E-state index contributed by atoms with van der Waals surface area (Å²) in [4.78, 5) is 60.5. The minimum atomic E-state index is -0.321. The number of ether oxygens (including phenoxy) is 5. The molecule has 0 atom stereocenters. The Morgan fingerprint density at radius 3 is 1.52 bits per heavy atom. The van der Waals surface area contributed by atoms with Gasteiger partial charge in [-0.05, 0) is 177 Å². The van der Waals surface area contributed by atoms with Crippen LogP contribution in [-0.4, -0.2) is 148 Å². The highest BCUT2D eigenvalue weighted by Gasteiger charge is 2.28. The van der Waals surface area contributed by atoms with Gasteiger partial charge in [-0.1, -0.05) is 0 Å². The molecule has 16 heteroatoms. The van der Waals surface area contributed by atoms with Gasteiger partial charge in [-0.25, -0.2) is 14.8 Å². The van der Waals surface area contributed by atoms with Crippen LogP contribution in [0.1, 0.15) is 114 Å². The van der Waals surface area contributed by atoms with Crippen LogP contribution in [0.3, 0.4) is 0 Å². The molecule has 0 saturated carbocycles. The number of carbonyl (C=O) groups excluding carboxylic acids is 2. The molecular formula is C61H82N8O8. The van der Waals surface area contributed by atoms with Crippen molar-refractivity contribution in [2.45, 2.75) is 124 Å². The number of aromatic nitrogens is 3. The van der Waals surface area contributed by atoms with Gasteiger partial charge in [0.15, 0.2) is 0 Å². The topological polar surface area (TPSA) is 164 Å². The highest BCUT2D eigenvalue weighted by atomic mass is 16.5. The summed E-state index contributed by atoms with van der Waals surface area (Å²) >= 11 is 0. The number of nitrogens with one attached hydrogen (secondary N) is 2. The second-order valence-electron chi connectivity index (χ2n) is 21.2. The third-order valence-electron chi connectivity index (χ3n) is 15.9. The van der Waals surface area contributed by atoms with Crippen LogP contribution < -0.4 is 30.1 Å². The van der Waals surface area contributed by atoms with Crippen LogP contribution in [0.4, 0.5) is 11.4 Å². The van der Waals surface area contributed by atoms with E-state index in [-0.39, 0.29) is 36.2 Å². The van der Waals surface area contributed by atoms with Crippen molar-refractivity contribution in [3.8, 4) is 34.0 Å². The first-order valence-electron chi connectivity index (χ1n) is 27.9. The Labute approximate surface area is 455 Å². The van der Waals surface area contributed by atoms with Crippen molar-refractivity contribution in [2.24, 2.45) is 0 Å². The number of amides is 1. The van der Waals surface area contributed by atoms with Gasteiger partial charge >= 0.3 is 5.97 Å². The summed E-state index contributed by atoms with van der Waals surface area (Å²) in [6, 6.07) is 18.8. The summed E-state index contributed by atoms with van der Waals surface area (Å²) < 4.78 is 28.6. The van der Waals surface area contributed by atoms with Crippen molar-refractivity contribution in [3.63, 3.8) is 0 Å². The zero-order valence-corrected chi connectivity index (χ0v) is 47.0. The van der Waals surface area contributed by atoms with Crippen LogP contribution >= 0.6 is 0 Å². The highest BCUT2D eigenvalue weighted by Crippen LogP contribution is 2.36. The van der Waals surface area contributed by atoms with Gasteiger partial charge in [0.05, 0.1) is 12.7 Å². The lowest BCUT2D eigenvalue weighted by Crippen LogP contribution is -2.40. The second kappa shape index (κ2) is 26.8. The average molecular weight is 1060 g/mol. The molecule has 3 aromatic heterocycles. The second-order valence-corrected chi connectivity index (χ2v) is 21.2. The van der Waals surface area contributed by atoms with Crippen molar-refractivity contribution in [3.05, 3.63) is 116 Å². The number of aromatic amines is 1. The zero-order chi connectivity index (χ0) is 54.6. The van der Waals surface area contributed by atoms with Gasteiger partial charge in [-0.3, -0.25) is 9.59 Å². The van der Waals surface area contributed by atoms with Crippen LogP contribution in [-0.2, 0) is 20.8 Å². The Bertz CT molecular complexity index is 2810. The smallest absolute Gasteiger partial charge is 0.338 e. The van der Waals surface area contributed by atoms with Gasteiger partial charge in [0, 0.05) is 148 Å². The zero-order valence-electron chi connectivity index (χ0n) is 47.0. The normalized spacial score (nSPS) is 17.3. The molecule has 4 fully saturated rings. The minimum absolute atomic E-state index is 0.154. The fourth-order valence-corrected chi connectivity index (χ4v) is 11.3. The molecule has 4 aliphatic heterocycles. The van der Waals surface area contributed by atoms with E-state index < -0.39 is 0 Å². The summed E-state index contributed by atoms with van der Waals surface area (Å²) in [6.07, 6.45) is 11.9. The Kier molecular flexibility index (Phi) is 19.8. The quantitative estimate of drug-likeness (QED) is 0.0900. The molecule has 0 radical (unpaired) electrons. The average Bonchev–Trinajstić information content (AvgIpc) is 3.45. The lowest BCUT2D eigenvalue weighted by atomic mass is 9.95. The molecular weight excluding hydrogens is 973 g/mol. The Hall–Kier alpha value is -6.33. The van der Waals surface area contributed by atoms with E-state index in [4.69, 9.17) is 23.7 Å².